The molecular weight excluding hydrogens is 333 g/mol. The van der Waals surface area contributed by atoms with E-state index in [1.807, 2.05) is 32.7 Å². The first-order valence-corrected chi connectivity index (χ1v) is 8.68. The summed E-state index contributed by atoms with van der Waals surface area (Å²) < 4.78 is 0. The second-order valence-electron chi connectivity index (χ2n) is 7.06. The Labute approximate surface area is 148 Å². The van der Waals surface area contributed by atoms with Crippen LogP contribution in [0, 0.1) is 0 Å². The Morgan fingerprint density at radius 3 is 2.22 bits per heavy atom. The van der Waals surface area contributed by atoms with Gasteiger partial charge in [0.05, 0.1) is 12.1 Å². The topological polar surface area (TPSA) is 49.6 Å². The van der Waals surface area contributed by atoms with E-state index < -0.39 is 12.1 Å². The molecule has 0 radical (unpaired) electrons. The van der Waals surface area contributed by atoms with Gasteiger partial charge in [0.2, 0.25) is 5.91 Å². The molecule has 1 saturated heterocycles. The molecule has 0 aliphatic carbocycles. The number of carbonyl (C=O) groups is 1. The Hall–Kier alpha value is -0.810. The van der Waals surface area contributed by atoms with Gasteiger partial charge in [-0.3, -0.25) is 9.80 Å². The van der Waals surface area contributed by atoms with Crippen LogP contribution < -0.4 is 5.73 Å². The summed E-state index contributed by atoms with van der Waals surface area (Å²) in [5.74, 6) is -0.610. The molecule has 3 unspecified atom stereocenters. The molecule has 0 bridgehead atoms. The Bertz CT molecular complexity index is 580. The Morgan fingerprint density at radius 1 is 1.26 bits per heavy atom. The van der Waals surface area contributed by atoms with Gasteiger partial charge in [-0.15, -0.1) is 0 Å². The van der Waals surface area contributed by atoms with Gasteiger partial charge in [-0.1, -0.05) is 36.2 Å². The van der Waals surface area contributed by atoms with Crippen molar-refractivity contribution in [2.24, 2.45) is 5.73 Å². The van der Waals surface area contributed by atoms with Gasteiger partial charge in [-0.25, -0.2) is 0 Å². The molecule has 1 heterocycles. The van der Waals surface area contributed by atoms with Crippen molar-refractivity contribution in [1.82, 2.24) is 10.0 Å². The minimum absolute atomic E-state index is 0.0447. The zero-order valence-electron chi connectivity index (χ0n) is 14.3. The SMILES string of the molecule is CCC(C)N1C(=O)C(c2c(Cl)cccc2Cl)C(N)N1C(C)(C)C. The molecule has 0 aromatic heterocycles. The lowest BCUT2D eigenvalue weighted by Crippen LogP contribution is -2.58. The van der Waals surface area contributed by atoms with Crippen LogP contribution in [-0.4, -0.2) is 33.7 Å². The predicted molar refractivity (Wildman–Crippen MR) is 95.4 cm³/mol. The van der Waals surface area contributed by atoms with E-state index in [9.17, 15) is 4.79 Å². The lowest BCUT2D eigenvalue weighted by Gasteiger charge is -2.43. The molecule has 23 heavy (non-hydrogen) atoms. The van der Waals surface area contributed by atoms with Crippen LogP contribution in [0.25, 0.3) is 0 Å². The number of halogens is 2. The van der Waals surface area contributed by atoms with Gasteiger partial charge < -0.3 is 5.73 Å². The summed E-state index contributed by atoms with van der Waals surface area (Å²) in [6.45, 7) is 10.2. The molecule has 0 spiro atoms. The van der Waals surface area contributed by atoms with Crippen molar-refractivity contribution >= 4 is 29.1 Å². The third kappa shape index (κ3) is 3.22. The van der Waals surface area contributed by atoms with Crippen LogP contribution in [0.2, 0.25) is 10.0 Å². The van der Waals surface area contributed by atoms with E-state index in [1.165, 1.54) is 0 Å². The fourth-order valence-corrected chi connectivity index (χ4v) is 3.79. The maximum absolute atomic E-state index is 13.2. The number of nitrogens with zero attached hydrogens (tertiary/aromatic N) is 2. The van der Waals surface area contributed by atoms with Crippen molar-refractivity contribution in [3.05, 3.63) is 33.8 Å². The van der Waals surface area contributed by atoms with E-state index in [2.05, 4.69) is 6.92 Å². The number of benzene rings is 1. The second-order valence-corrected chi connectivity index (χ2v) is 7.87. The van der Waals surface area contributed by atoms with Gasteiger partial charge in [0.1, 0.15) is 0 Å². The van der Waals surface area contributed by atoms with Crippen molar-refractivity contribution in [3.63, 3.8) is 0 Å². The summed E-state index contributed by atoms with van der Waals surface area (Å²) in [5, 5.41) is 4.71. The van der Waals surface area contributed by atoms with Crippen LogP contribution >= 0.6 is 23.2 Å². The fraction of sp³-hybridized carbons (Fsp3) is 0.588. The van der Waals surface area contributed by atoms with Crippen LogP contribution in [0.15, 0.2) is 18.2 Å². The highest BCUT2D eigenvalue weighted by Crippen LogP contribution is 2.42. The van der Waals surface area contributed by atoms with Crippen molar-refractivity contribution in [3.8, 4) is 0 Å². The summed E-state index contributed by atoms with van der Waals surface area (Å²) >= 11 is 12.7. The van der Waals surface area contributed by atoms with Crippen molar-refractivity contribution in [2.45, 2.75) is 64.7 Å². The summed E-state index contributed by atoms with van der Waals surface area (Å²) in [5.41, 5.74) is 6.83. The molecular formula is C17H25Cl2N3O. The lowest BCUT2D eigenvalue weighted by atomic mass is 9.95. The number of amides is 1. The number of carbonyl (C=O) groups excluding carboxylic acids is 1. The molecule has 1 aromatic rings. The average Bonchev–Trinajstić information content (AvgIpc) is 2.70. The Morgan fingerprint density at radius 2 is 1.78 bits per heavy atom. The molecule has 4 nitrogen and oxygen atoms in total. The minimum atomic E-state index is -0.565. The van der Waals surface area contributed by atoms with E-state index in [1.54, 1.807) is 23.2 Å². The highest BCUT2D eigenvalue weighted by molar-refractivity contribution is 6.36. The molecule has 1 aliphatic heterocycles. The standard InChI is InChI=1S/C17H25Cl2N3O/c1-6-10(2)21-16(23)14(15(20)22(21)17(3,4)5)13-11(18)8-7-9-12(13)19/h7-10,14-15H,6,20H2,1-5H3. The third-order valence-electron chi connectivity index (χ3n) is 4.35. The van der Waals surface area contributed by atoms with Gasteiger partial charge in [-0.05, 0) is 46.2 Å². The molecule has 1 aliphatic rings. The highest BCUT2D eigenvalue weighted by atomic mass is 35.5. The maximum Gasteiger partial charge on any atom is 0.247 e. The Kier molecular flexibility index (Phi) is 5.31. The van der Waals surface area contributed by atoms with Gasteiger partial charge in [0, 0.05) is 27.2 Å². The number of rotatable bonds is 3. The number of hydrogen-bond acceptors (Lipinski definition) is 3. The first kappa shape index (κ1) is 18.5. The van der Waals surface area contributed by atoms with E-state index >= 15 is 0 Å². The van der Waals surface area contributed by atoms with Crippen LogP contribution in [-0.2, 0) is 4.79 Å². The normalized spacial score (nSPS) is 24.3. The van der Waals surface area contributed by atoms with Crippen LogP contribution in [0.1, 0.15) is 52.5 Å². The molecule has 6 heteroatoms. The fourth-order valence-electron chi connectivity index (χ4n) is 3.15. The monoisotopic (exact) mass is 357 g/mol. The molecule has 128 valence electrons. The first-order chi connectivity index (χ1) is 10.6. The van der Waals surface area contributed by atoms with E-state index in [0.29, 0.717) is 15.6 Å². The minimum Gasteiger partial charge on any atom is -0.313 e. The zero-order chi connectivity index (χ0) is 17.5. The summed E-state index contributed by atoms with van der Waals surface area (Å²) in [6.07, 6.45) is 0.336. The first-order valence-electron chi connectivity index (χ1n) is 7.93. The maximum atomic E-state index is 13.2. The molecule has 2 N–H and O–H groups in total. The molecule has 1 aromatic carbocycles. The lowest BCUT2D eigenvalue weighted by molar-refractivity contribution is -0.154. The average molecular weight is 358 g/mol. The largest absolute Gasteiger partial charge is 0.313 e. The van der Waals surface area contributed by atoms with E-state index in [0.717, 1.165) is 6.42 Å². The number of nitrogens with two attached hydrogens (primary N) is 1. The number of hydrazine groups is 1. The van der Waals surface area contributed by atoms with Gasteiger partial charge in [-0.2, -0.15) is 5.01 Å². The van der Waals surface area contributed by atoms with Gasteiger partial charge in [0.25, 0.3) is 0 Å². The predicted octanol–water partition coefficient (Wildman–Crippen LogP) is 4.02. The Balaban J connectivity index is 2.57. The summed E-state index contributed by atoms with van der Waals surface area (Å²) in [7, 11) is 0. The molecule has 3 atom stereocenters. The van der Waals surface area contributed by atoms with Gasteiger partial charge in [0.15, 0.2) is 0 Å². The molecule has 0 saturated carbocycles. The van der Waals surface area contributed by atoms with E-state index in [4.69, 9.17) is 28.9 Å². The summed E-state index contributed by atoms with van der Waals surface area (Å²) in [4.78, 5) is 13.2. The van der Waals surface area contributed by atoms with Crippen LogP contribution in [0.3, 0.4) is 0 Å². The third-order valence-corrected chi connectivity index (χ3v) is 5.01. The van der Waals surface area contributed by atoms with Gasteiger partial charge >= 0.3 is 0 Å². The van der Waals surface area contributed by atoms with Crippen LogP contribution in [0.5, 0.6) is 0 Å². The molecule has 2 rings (SSSR count). The van der Waals surface area contributed by atoms with Crippen molar-refractivity contribution in [1.29, 1.82) is 0 Å². The number of hydrogen-bond donors (Lipinski definition) is 1. The van der Waals surface area contributed by atoms with E-state index in [-0.39, 0.29) is 17.5 Å². The second kappa shape index (κ2) is 6.60. The highest BCUT2D eigenvalue weighted by Gasteiger charge is 2.51. The molecule has 1 amide bonds. The van der Waals surface area contributed by atoms with Crippen molar-refractivity contribution < 1.29 is 4.79 Å². The summed E-state index contributed by atoms with van der Waals surface area (Å²) in [6, 6.07) is 5.32. The molecule has 1 fully saturated rings. The van der Waals surface area contributed by atoms with Crippen molar-refractivity contribution in [2.75, 3.05) is 0 Å². The zero-order valence-corrected chi connectivity index (χ0v) is 15.8. The quantitative estimate of drug-likeness (QED) is 0.888. The smallest absolute Gasteiger partial charge is 0.247 e. The van der Waals surface area contributed by atoms with Crippen LogP contribution in [0.4, 0.5) is 0 Å².